The minimum atomic E-state index is -0.494. The molecule has 108 valence electrons. The molecule has 1 N–H and O–H groups in total. The van der Waals surface area contributed by atoms with Crippen LogP contribution in [-0.2, 0) is 9.59 Å². The third-order valence-electron chi connectivity index (χ3n) is 3.44. The van der Waals surface area contributed by atoms with E-state index in [9.17, 15) is 9.59 Å². The fourth-order valence-corrected chi connectivity index (χ4v) is 2.83. The molecule has 0 aromatic heterocycles. The summed E-state index contributed by atoms with van der Waals surface area (Å²) in [7, 11) is 0. The number of amides is 2. The summed E-state index contributed by atoms with van der Waals surface area (Å²) in [4.78, 5) is 26.1. The minimum Gasteiger partial charge on any atom is -0.342 e. The first-order valence-corrected chi connectivity index (χ1v) is 7.36. The van der Waals surface area contributed by atoms with E-state index in [4.69, 9.17) is 0 Å². The summed E-state index contributed by atoms with van der Waals surface area (Å²) in [6.45, 7) is 7.87. The van der Waals surface area contributed by atoms with E-state index in [1.807, 2.05) is 45.9 Å². The lowest BCUT2D eigenvalue weighted by Gasteiger charge is -2.39. The smallest absolute Gasteiger partial charge is 0.250 e. The molecule has 20 heavy (non-hydrogen) atoms. The molecule has 1 aliphatic heterocycles. The number of nitrogens with one attached hydrogen (secondary N) is 1. The van der Waals surface area contributed by atoms with Crippen LogP contribution in [0.3, 0.4) is 0 Å². The summed E-state index contributed by atoms with van der Waals surface area (Å²) in [6.07, 6.45) is 0. The SMILES string of the molecule is Cc1cc(Br)ccc1N1CC(=O)NC(C(C)(C)C)C1=O. The molecule has 1 fully saturated rings. The number of hydrogen-bond acceptors (Lipinski definition) is 2. The Morgan fingerprint density at radius 2 is 1.95 bits per heavy atom. The van der Waals surface area contributed by atoms with Gasteiger partial charge in [-0.3, -0.25) is 9.59 Å². The van der Waals surface area contributed by atoms with Gasteiger partial charge in [0.1, 0.15) is 12.6 Å². The van der Waals surface area contributed by atoms with E-state index in [1.54, 1.807) is 4.90 Å². The maximum Gasteiger partial charge on any atom is 0.250 e. The number of piperazine rings is 1. The van der Waals surface area contributed by atoms with Crippen molar-refractivity contribution in [1.82, 2.24) is 5.32 Å². The highest BCUT2D eigenvalue weighted by molar-refractivity contribution is 9.10. The van der Waals surface area contributed by atoms with Gasteiger partial charge in [-0.25, -0.2) is 0 Å². The van der Waals surface area contributed by atoms with Crippen LogP contribution < -0.4 is 10.2 Å². The number of hydrogen-bond donors (Lipinski definition) is 1. The maximum atomic E-state index is 12.7. The van der Waals surface area contributed by atoms with Crippen molar-refractivity contribution in [3.8, 4) is 0 Å². The van der Waals surface area contributed by atoms with Crippen LogP contribution in [0, 0.1) is 12.3 Å². The molecule has 2 amide bonds. The van der Waals surface area contributed by atoms with Gasteiger partial charge in [0.25, 0.3) is 5.91 Å². The fraction of sp³-hybridized carbons (Fsp3) is 0.467. The van der Waals surface area contributed by atoms with E-state index in [1.165, 1.54) is 0 Å². The molecule has 1 heterocycles. The van der Waals surface area contributed by atoms with Crippen LogP contribution in [0.25, 0.3) is 0 Å². The van der Waals surface area contributed by atoms with Gasteiger partial charge in [-0.2, -0.15) is 0 Å². The number of halogens is 1. The molecule has 1 unspecified atom stereocenters. The molecular formula is C15H19BrN2O2. The highest BCUT2D eigenvalue weighted by Crippen LogP contribution is 2.29. The topological polar surface area (TPSA) is 49.4 Å². The summed E-state index contributed by atoms with van der Waals surface area (Å²) in [6, 6.07) is 5.21. The normalized spacial score (nSPS) is 20.1. The molecule has 1 aromatic rings. The van der Waals surface area contributed by atoms with Gasteiger partial charge >= 0.3 is 0 Å². The molecule has 0 aliphatic carbocycles. The molecule has 1 aliphatic rings. The van der Waals surface area contributed by atoms with Crippen molar-refractivity contribution in [3.63, 3.8) is 0 Å². The molecule has 1 saturated heterocycles. The van der Waals surface area contributed by atoms with Crippen molar-refractivity contribution in [3.05, 3.63) is 28.2 Å². The lowest BCUT2D eigenvalue weighted by molar-refractivity contribution is -0.133. The van der Waals surface area contributed by atoms with Gasteiger partial charge in [0, 0.05) is 10.2 Å². The van der Waals surface area contributed by atoms with Crippen molar-refractivity contribution < 1.29 is 9.59 Å². The lowest BCUT2D eigenvalue weighted by atomic mass is 9.84. The Balaban J connectivity index is 2.40. The lowest BCUT2D eigenvalue weighted by Crippen LogP contribution is -2.62. The van der Waals surface area contributed by atoms with Crippen LogP contribution >= 0.6 is 15.9 Å². The molecule has 0 bridgehead atoms. The summed E-state index contributed by atoms with van der Waals surface area (Å²) in [5.41, 5.74) is 1.45. The Hall–Kier alpha value is -1.36. The van der Waals surface area contributed by atoms with E-state index in [0.717, 1.165) is 15.7 Å². The third kappa shape index (κ3) is 2.87. The molecule has 1 atom stereocenters. The third-order valence-corrected chi connectivity index (χ3v) is 3.93. The van der Waals surface area contributed by atoms with Gasteiger partial charge in [-0.15, -0.1) is 0 Å². The van der Waals surface area contributed by atoms with Crippen LogP contribution in [0.15, 0.2) is 22.7 Å². The molecule has 4 nitrogen and oxygen atoms in total. The molecule has 0 radical (unpaired) electrons. The molecule has 0 spiro atoms. The first-order chi connectivity index (χ1) is 9.20. The van der Waals surface area contributed by atoms with Crippen molar-refractivity contribution in [2.45, 2.75) is 33.7 Å². The second kappa shape index (κ2) is 5.20. The zero-order valence-electron chi connectivity index (χ0n) is 12.2. The second-order valence-corrected chi connectivity index (χ2v) is 7.14. The van der Waals surface area contributed by atoms with Crippen molar-refractivity contribution in [2.24, 2.45) is 5.41 Å². The van der Waals surface area contributed by atoms with Gasteiger partial charge in [-0.1, -0.05) is 36.7 Å². The number of carbonyl (C=O) groups excluding carboxylic acids is 2. The van der Waals surface area contributed by atoms with Crippen molar-refractivity contribution >= 4 is 33.4 Å². The van der Waals surface area contributed by atoms with E-state index in [-0.39, 0.29) is 23.8 Å². The Bertz CT molecular complexity index is 563. The number of nitrogens with zero attached hydrogens (tertiary/aromatic N) is 1. The minimum absolute atomic E-state index is 0.0532. The van der Waals surface area contributed by atoms with Gasteiger partial charge in [0.2, 0.25) is 5.91 Å². The summed E-state index contributed by atoms with van der Waals surface area (Å²) < 4.78 is 0.958. The Morgan fingerprint density at radius 3 is 2.50 bits per heavy atom. The van der Waals surface area contributed by atoms with Crippen molar-refractivity contribution in [2.75, 3.05) is 11.4 Å². The van der Waals surface area contributed by atoms with E-state index in [0.29, 0.717) is 0 Å². The van der Waals surface area contributed by atoms with Crippen LogP contribution in [0.2, 0.25) is 0 Å². The number of aryl methyl sites for hydroxylation is 1. The predicted octanol–water partition coefficient (Wildman–Crippen LogP) is 2.64. The Kier molecular flexibility index (Phi) is 3.91. The first kappa shape index (κ1) is 15.0. The highest BCUT2D eigenvalue weighted by Gasteiger charge is 2.40. The Labute approximate surface area is 127 Å². The predicted molar refractivity (Wildman–Crippen MR) is 82.6 cm³/mol. The van der Waals surface area contributed by atoms with Gasteiger partial charge in [-0.05, 0) is 36.1 Å². The number of rotatable bonds is 1. The van der Waals surface area contributed by atoms with E-state index in [2.05, 4.69) is 21.2 Å². The zero-order chi connectivity index (χ0) is 15.1. The quantitative estimate of drug-likeness (QED) is 0.855. The fourth-order valence-electron chi connectivity index (χ4n) is 2.36. The molecule has 5 heteroatoms. The maximum absolute atomic E-state index is 12.7. The van der Waals surface area contributed by atoms with Gasteiger partial charge in [0.05, 0.1) is 0 Å². The van der Waals surface area contributed by atoms with Crippen LogP contribution in [0.4, 0.5) is 5.69 Å². The highest BCUT2D eigenvalue weighted by atomic mass is 79.9. The average Bonchev–Trinajstić information content (AvgIpc) is 2.31. The number of anilines is 1. The van der Waals surface area contributed by atoms with Gasteiger partial charge in [0.15, 0.2) is 0 Å². The zero-order valence-corrected chi connectivity index (χ0v) is 13.7. The monoisotopic (exact) mass is 338 g/mol. The Morgan fingerprint density at radius 1 is 1.30 bits per heavy atom. The average molecular weight is 339 g/mol. The van der Waals surface area contributed by atoms with Crippen LogP contribution in [0.1, 0.15) is 26.3 Å². The standard InChI is InChI=1S/C15H19BrN2O2/c1-9-7-10(16)5-6-11(9)18-8-12(19)17-13(14(18)20)15(2,3)4/h5-7,13H,8H2,1-4H3,(H,17,19). The summed E-state index contributed by atoms with van der Waals surface area (Å²) in [5, 5.41) is 2.80. The van der Waals surface area contributed by atoms with E-state index >= 15 is 0 Å². The molecular weight excluding hydrogens is 320 g/mol. The summed E-state index contributed by atoms with van der Waals surface area (Å²) in [5.74, 6) is -0.172. The molecule has 2 rings (SSSR count). The second-order valence-electron chi connectivity index (χ2n) is 6.22. The van der Waals surface area contributed by atoms with Crippen LogP contribution in [-0.4, -0.2) is 24.4 Å². The van der Waals surface area contributed by atoms with E-state index < -0.39 is 6.04 Å². The number of carbonyl (C=O) groups is 2. The van der Waals surface area contributed by atoms with Gasteiger partial charge < -0.3 is 10.2 Å². The summed E-state index contributed by atoms with van der Waals surface area (Å²) >= 11 is 3.41. The molecule has 1 aromatic carbocycles. The van der Waals surface area contributed by atoms with Crippen molar-refractivity contribution in [1.29, 1.82) is 0 Å². The van der Waals surface area contributed by atoms with Crippen LogP contribution in [0.5, 0.6) is 0 Å². The molecule has 0 saturated carbocycles. The first-order valence-electron chi connectivity index (χ1n) is 6.57. The largest absolute Gasteiger partial charge is 0.342 e. The number of benzene rings is 1.